The van der Waals surface area contributed by atoms with Crippen LogP contribution in [0, 0.1) is 0 Å². The lowest BCUT2D eigenvalue weighted by Crippen LogP contribution is -2.54. The van der Waals surface area contributed by atoms with Gasteiger partial charge in [0.25, 0.3) is 0 Å². The van der Waals surface area contributed by atoms with Crippen LogP contribution in [0.15, 0.2) is 28.7 Å². The Morgan fingerprint density at radius 1 is 1.17 bits per heavy atom. The van der Waals surface area contributed by atoms with E-state index in [1.807, 2.05) is 49.9 Å². The van der Waals surface area contributed by atoms with Crippen LogP contribution in [0.4, 0.5) is 15.3 Å². The largest absolute Gasteiger partial charge is 0.444 e. The van der Waals surface area contributed by atoms with Crippen LogP contribution in [0.25, 0.3) is 0 Å². The lowest BCUT2D eigenvalue weighted by atomic mass is 10.2. The van der Waals surface area contributed by atoms with E-state index in [0.717, 1.165) is 10.2 Å². The first-order valence-corrected chi connectivity index (χ1v) is 8.85. The summed E-state index contributed by atoms with van der Waals surface area (Å²) in [5.74, 6) is 0. The van der Waals surface area contributed by atoms with Gasteiger partial charge in [-0.25, -0.2) is 9.59 Å². The zero-order valence-corrected chi connectivity index (χ0v) is 15.7. The predicted octanol–water partition coefficient (Wildman–Crippen LogP) is 3.31. The molecule has 6 nitrogen and oxygen atoms in total. The average molecular weight is 396 g/mol. The van der Waals surface area contributed by atoms with E-state index in [0.29, 0.717) is 26.2 Å². The number of benzene rings is 1. The van der Waals surface area contributed by atoms with Gasteiger partial charge < -0.3 is 14.5 Å². The molecule has 2 heterocycles. The van der Waals surface area contributed by atoms with Gasteiger partial charge >= 0.3 is 12.1 Å². The van der Waals surface area contributed by atoms with Crippen molar-refractivity contribution in [2.24, 2.45) is 0 Å². The topological polar surface area (TPSA) is 53.1 Å². The highest BCUT2D eigenvalue weighted by atomic mass is 79.9. The van der Waals surface area contributed by atoms with Gasteiger partial charge in [0.15, 0.2) is 0 Å². The van der Waals surface area contributed by atoms with E-state index >= 15 is 0 Å². The summed E-state index contributed by atoms with van der Waals surface area (Å²) in [5.41, 5.74) is 0.366. The molecule has 0 saturated carbocycles. The second-order valence-electron chi connectivity index (χ2n) is 7.14. The molecule has 2 aliphatic rings. The summed E-state index contributed by atoms with van der Waals surface area (Å²) in [4.78, 5) is 30.2. The Balaban J connectivity index is 1.69. The molecule has 0 radical (unpaired) electrons. The molecule has 0 N–H and O–H groups in total. The normalized spacial score (nSPS) is 21.1. The van der Waals surface area contributed by atoms with Crippen LogP contribution in [-0.4, -0.2) is 59.7 Å². The molecule has 0 aliphatic carbocycles. The average Bonchev–Trinajstić information content (AvgIpc) is 2.83. The number of hydrogen-bond donors (Lipinski definition) is 0. The number of carbonyl (C=O) groups is 2. The van der Waals surface area contributed by atoms with Crippen LogP contribution in [-0.2, 0) is 4.74 Å². The van der Waals surface area contributed by atoms with Crippen LogP contribution >= 0.6 is 15.9 Å². The van der Waals surface area contributed by atoms with Crippen LogP contribution in [0.1, 0.15) is 20.8 Å². The number of anilines is 1. The highest BCUT2D eigenvalue weighted by Crippen LogP contribution is 2.27. The molecule has 0 aromatic heterocycles. The molecule has 2 aliphatic heterocycles. The van der Waals surface area contributed by atoms with Gasteiger partial charge in [0.1, 0.15) is 5.60 Å². The van der Waals surface area contributed by atoms with E-state index in [-0.39, 0.29) is 18.2 Å². The quantitative estimate of drug-likeness (QED) is 0.732. The molecule has 2 fully saturated rings. The molecule has 1 unspecified atom stereocenters. The Labute approximate surface area is 150 Å². The van der Waals surface area contributed by atoms with E-state index in [9.17, 15) is 9.59 Å². The zero-order chi connectivity index (χ0) is 17.5. The molecule has 0 spiro atoms. The van der Waals surface area contributed by atoms with Crippen molar-refractivity contribution < 1.29 is 14.3 Å². The Morgan fingerprint density at radius 2 is 1.83 bits per heavy atom. The fourth-order valence-corrected chi connectivity index (χ4v) is 3.30. The SMILES string of the molecule is CC(C)(C)OC(=O)N1CCN2C(=O)N(c3ccc(Br)cc3)CC2C1. The van der Waals surface area contributed by atoms with E-state index in [4.69, 9.17) is 4.74 Å². The number of piperazine rings is 1. The molecule has 2 saturated heterocycles. The minimum Gasteiger partial charge on any atom is -0.444 e. The highest BCUT2D eigenvalue weighted by molar-refractivity contribution is 9.10. The number of ether oxygens (including phenoxy) is 1. The van der Waals surface area contributed by atoms with Gasteiger partial charge in [0.2, 0.25) is 0 Å². The molecule has 24 heavy (non-hydrogen) atoms. The van der Waals surface area contributed by atoms with Crippen molar-refractivity contribution in [3.05, 3.63) is 28.7 Å². The van der Waals surface area contributed by atoms with Crippen LogP contribution < -0.4 is 4.90 Å². The predicted molar refractivity (Wildman–Crippen MR) is 95.2 cm³/mol. The first kappa shape index (κ1) is 17.1. The van der Waals surface area contributed by atoms with Gasteiger partial charge in [-0.2, -0.15) is 0 Å². The first-order valence-electron chi connectivity index (χ1n) is 8.06. The van der Waals surface area contributed by atoms with Gasteiger partial charge in [-0.3, -0.25) is 4.90 Å². The number of amides is 3. The summed E-state index contributed by atoms with van der Waals surface area (Å²) in [6.45, 7) is 7.70. The second kappa shape index (κ2) is 6.27. The number of halogens is 1. The fourth-order valence-electron chi connectivity index (χ4n) is 3.04. The minimum absolute atomic E-state index is 0.00224. The van der Waals surface area contributed by atoms with Crippen molar-refractivity contribution in [2.45, 2.75) is 32.4 Å². The van der Waals surface area contributed by atoms with E-state index in [1.165, 1.54) is 0 Å². The fraction of sp³-hybridized carbons (Fsp3) is 0.529. The highest BCUT2D eigenvalue weighted by Gasteiger charge is 2.42. The van der Waals surface area contributed by atoms with Crippen molar-refractivity contribution in [1.82, 2.24) is 9.80 Å². The number of rotatable bonds is 1. The van der Waals surface area contributed by atoms with Crippen LogP contribution in [0.3, 0.4) is 0 Å². The lowest BCUT2D eigenvalue weighted by molar-refractivity contribution is 0.0128. The molecule has 0 bridgehead atoms. The van der Waals surface area contributed by atoms with Gasteiger partial charge in [0, 0.05) is 36.3 Å². The van der Waals surface area contributed by atoms with Crippen molar-refractivity contribution in [1.29, 1.82) is 0 Å². The van der Waals surface area contributed by atoms with Crippen molar-refractivity contribution >= 4 is 33.7 Å². The van der Waals surface area contributed by atoms with E-state index < -0.39 is 5.60 Å². The smallest absolute Gasteiger partial charge is 0.410 e. The summed E-state index contributed by atoms with van der Waals surface area (Å²) in [5, 5.41) is 0. The summed E-state index contributed by atoms with van der Waals surface area (Å²) in [7, 11) is 0. The first-order chi connectivity index (χ1) is 11.2. The maximum atomic E-state index is 12.6. The van der Waals surface area contributed by atoms with Gasteiger partial charge in [-0.05, 0) is 45.0 Å². The Kier molecular flexibility index (Phi) is 4.46. The molecule has 3 amide bonds. The maximum absolute atomic E-state index is 12.6. The standard InChI is InChI=1S/C17H22BrN3O3/c1-17(2,3)24-16(23)19-8-9-20-14(10-19)11-21(15(20)22)13-6-4-12(18)5-7-13/h4-7,14H,8-11H2,1-3H3. The van der Waals surface area contributed by atoms with Gasteiger partial charge in [-0.1, -0.05) is 15.9 Å². The molecule has 1 atom stereocenters. The Morgan fingerprint density at radius 3 is 2.46 bits per heavy atom. The number of carbonyl (C=O) groups excluding carboxylic acids is 2. The third-order valence-corrected chi connectivity index (χ3v) is 4.67. The molecule has 7 heteroatoms. The summed E-state index contributed by atoms with van der Waals surface area (Å²) in [6.07, 6.45) is -0.309. The lowest BCUT2D eigenvalue weighted by Gasteiger charge is -2.36. The van der Waals surface area contributed by atoms with Gasteiger partial charge in [-0.15, -0.1) is 0 Å². The number of fused-ring (bicyclic) bond motifs is 1. The Hall–Kier alpha value is -1.76. The zero-order valence-electron chi connectivity index (χ0n) is 14.2. The third kappa shape index (κ3) is 3.50. The monoisotopic (exact) mass is 395 g/mol. The molecule has 1 aromatic rings. The molecular formula is C17H22BrN3O3. The molecule has 130 valence electrons. The third-order valence-electron chi connectivity index (χ3n) is 4.14. The van der Waals surface area contributed by atoms with Crippen molar-refractivity contribution in [3.63, 3.8) is 0 Å². The second-order valence-corrected chi connectivity index (χ2v) is 8.06. The summed E-state index contributed by atoms with van der Waals surface area (Å²) >= 11 is 3.41. The molecule has 1 aromatic carbocycles. The Bertz CT molecular complexity index is 641. The number of hydrogen-bond acceptors (Lipinski definition) is 3. The number of nitrogens with zero attached hydrogens (tertiary/aromatic N) is 3. The van der Waals surface area contributed by atoms with E-state index in [2.05, 4.69) is 15.9 Å². The van der Waals surface area contributed by atoms with Crippen molar-refractivity contribution in [2.75, 3.05) is 31.1 Å². The van der Waals surface area contributed by atoms with Crippen molar-refractivity contribution in [3.8, 4) is 0 Å². The minimum atomic E-state index is -0.511. The summed E-state index contributed by atoms with van der Waals surface area (Å²) < 4.78 is 6.42. The van der Waals surface area contributed by atoms with Crippen LogP contribution in [0.2, 0.25) is 0 Å². The van der Waals surface area contributed by atoms with Crippen LogP contribution in [0.5, 0.6) is 0 Å². The molecular weight excluding hydrogens is 374 g/mol. The maximum Gasteiger partial charge on any atom is 0.410 e. The number of urea groups is 1. The molecule has 3 rings (SSSR count). The summed E-state index contributed by atoms with van der Waals surface area (Å²) in [6, 6.07) is 7.70. The van der Waals surface area contributed by atoms with E-state index in [1.54, 1.807) is 9.80 Å². The van der Waals surface area contributed by atoms with Gasteiger partial charge in [0.05, 0.1) is 6.04 Å².